The summed E-state index contributed by atoms with van der Waals surface area (Å²) in [5.74, 6) is 0.523. The molecule has 1 fully saturated rings. The van der Waals surface area contributed by atoms with E-state index in [-0.39, 0.29) is 11.7 Å². The standard InChI is InChI=1S/C23H27N7O2/c1-13-5-17(15(3)21(24)32)7-19(6-13)26-23-25-8-14(2)22(27-23)30-10-18(16(4)28-30)9-29-11-20(31)12-29/h5-8,10,20,31H,3,9,11-12H2,1-2,4H3,(H2,24,32)(H,25,26,27). The number of hydrogen-bond acceptors (Lipinski definition) is 7. The molecule has 0 spiro atoms. The van der Waals surface area contributed by atoms with Crippen LogP contribution in [-0.4, -0.2) is 54.9 Å². The zero-order chi connectivity index (χ0) is 23.0. The topological polar surface area (TPSA) is 122 Å². The van der Waals surface area contributed by atoms with E-state index in [1.807, 2.05) is 39.1 Å². The van der Waals surface area contributed by atoms with Gasteiger partial charge in [-0.25, -0.2) is 9.67 Å². The number of benzene rings is 1. The van der Waals surface area contributed by atoms with E-state index in [0.29, 0.717) is 30.4 Å². The second kappa shape index (κ2) is 8.52. The second-order valence-electron chi connectivity index (χ2n) is 8.29. The number of rotatable bonds is 7. The zero-order valence-electron chi connectivity index (χ0n) is 18.5. The molecule has 2 aromatic heterocycles. The van der Waals surface area contributed by atoms with Crippen molar-refractivity contribution in [2.75, 3.05) is 18.4 Å². The average molecular weight is 434 g/mol. The van der Waals surface area contributed by atoms with Crippen LogP contribution in [0.1, 0.15) is 27.9 Å². The number of hydrogen-bond donors (Lipinski definition) is 3. The summed E-state index contributed by atoms with van der Waals surface area (Å²) >= 11 is 0. The van der Waals surface area contributed by atoms with Gasteiger partial charge in [-0.2, -0.15) is 10.1 Å². The van der Waals surface area contributed by atoms with E-state index < -0.39 is 5.91 Å². The third kappa shape index (κ3) is 4.53. The van der Waals surface area contributed by atoms with E-state index in [1.54, 1.807) is 16.9 Å². The van der Waals surface area contributed by atoms with Crippen molar-refractivity contribution in [3.8, 4) is 5.82 Å². The Labute approximate surface area is 186 Å². The van der Waals surface area contributed by atoms with Crippen LogP contribution in [0.25, 0.3) is 11.4 Å². The number of primary amides is 1. The molecule has 0 bridgehead atoms. The third-order valence-corrected chi connectivity index (χ3v) is 5.47. The summed E-state index contributed by atoms with van der Waals surface area (Å²) in [5, 5.41) is 17.4. The van der Waals surface area contributed by atoms with E-state index in [0.717, 1.165) is 34.6 Å². The molecule has 9 heteroatoms. The molecule has 1 saturated heterocycles. The molecule has 0 radical (unpaired) electrons. The van der Waals surface area contributed by atoms with Gasteiger partial charge in [0.2, 0.25) is 11.9 Å². The fourth-order valence-corrected chi connectivity index (χ4v) is 3.70. The number of β-amino-alcohol motifs (C(OH)–C–C–N with tert-alkyl or cyclic N) is 1. The van der Waals surface area contributed by atoms with Gasteiger partial charge in [-0.15, -0.1) is 0 Å². The maximum atomic E-state index is 11.5. The molecule has 1 aromatic carbocycles. The number of nitrogens with zero attached hydrogens (tertiary/aromatic N) is 5. The molecule has 0 atom stereocenters. The maximum Gasteiger partial charge on any atom is 0.248 e. The molecule has 3 heterocycles. The first-order chi connectivity index (χ1) is 15.2. The van der Waals surface area contributed by atoms with Gasteiger partial charge in [0.25, 0.3) is 0 Å². The quantitative estimate of drug-likeness (QED) is 0.487. The van der Waals surface area contributed by atoms with Crippen LogP contribution in [0.2, 0.25) is 0 Å². The van der Waals surface area contributed by atoms with Crippen molar-refractivity contribution in [2.24, 2.45) is 5.73 Å². The molecule has 1 amide bonds. The van der Waals surface area contributed by atoms with E-state index >= 15 is 0 Å². The highest BCUT2D eigenvalue weighted by Gasteiger charge is 2.25. The summed E-state index contributed by atoms with van der Waals surface area (Å²) in [6.07, 6.45) is 3.48. The summed E-state index contributed by atoms with van der Waals surface area (Å²) in [5.41, 5.74) is 10.9. The molecule has 1 aliphatic heterocycles. The molecule has 0 unspecified atom stereocenters. The molecule has 0 aliphatic carbocycles. The zero-order valence-corrected chi connectivity index (χ0v) is 18.5. The predicted octanol–water partition coefficient (Wildman–Crippen LogP) is 2.01. The lowest BCUT2D eigenvalue weighted by Gasteiger charge is -2.35. The fraction of sp³-hybridized carbons (Fsp3) is 0.304. The number of likely N-dealkylation sites (tertiary alicyclic amines) is 1. The Bertz CT molecular complexity index is 1200. The van der Waals surface area contributed by atoms with Gasteiger partial charge in [0.05, 0.1) is 11.8 Å². The lowest BCUT2D eigenvalue weighted by molar-refractivity contribution is -0.112. The van der Waals surface area contributed by atoms with Crippen molar-refractivity contribution < 1.29 is 9.90 Å². The minimum atomic E-state index is -0.562. The van der Waals surface area contributed by atoms with Crippen LogP contribution >= 0.6 is 0 Å². The molecule has 32 heavy (non-hydrogen) atoms. The highest BCUT2D eigenvalue weighted by Crippen LogP contribution is 2.23. The summed E-state index contributed by atoms with van der Waals surface area (Å²) < 4.78 is 1.76. The van der Waals surface area contributed by atoms with Gasteiger partial charge >= 0.3 is 0 Å². The molecular formula is C23H27N7O2. The highest BCUT2D eigenvalue weighted by atomic mass is 16.3. The summed E-state index contributed by atoms with van der Waals surface area (Å²) in [6.45, 7) is 11.7. The van der Waals surface area contributed by atoms with Crippen LogP contribution in [-0.2, 0) is 11.3 Å². The molecule has 0 saturated carbocycles. The van der Waals surface area contributed by atoms with Gasteiger partial charge < -0.3 is 16.2 Å². The van der Waals surface area contributed by atoms with Gasteiger partial charge in [0, 0.05) is 54.4 Å². The number of nitrogens with two attached hydrogens (primary N) is 1. The Hall–Kier alpha value is -3.56. The second-order valence-corrected chi connectivity index (χ2v) is 8.29. The monoisotopic (exact) mass is 433 g/mol. The number of nitrogens with one attached hydrogen (secondary N) is 1. The lowest BCUT2D eigenvalue weighted by Crippen LogP contribution is -2.49. The lowest BCUT2D eigenvalue weighted by atomic mass is 10.0. The number of anilines is 2. The minimum Gasteiger partial charge on any atom is -0.390 e. The first kappa shape index (κ1) is 21.7. The van der Waals surface area contributed by atoms with E-state index in [4.69, 9.17) is 5.73 Å². The SMILES string of the molecule is C=C(C(N)=O)c1cc(C)cc(Nc2ncc(C)c(-n3cc(CN4CC(O)C4)c(C)n3)n2)c1. The van der Waals surface area contributed by atoms with Gasteiger partial charge in [-0.3, -0.25) is 9.69 Å². The summed E-state index contributed by atoms with van der Waals surface area (Å²) in [4.78, 5) is 22.7. The third-order valence-electron chi connectivity index (χ3n) is 5.47. The summed E-state index contributed by atoms with van der Waals surface area (Å²) in [6, 6.07) is 5.57. The van der Waals surface area contributed by atoms with Gasteiger partial charge in [0.15, 0.2) is 5.82 Å². The van der Waals surface area contributed by atoms with Crippen molar-refractivity contribution in [2.45, 2.75) is 33.4 Å². The van der Waals surface area contributed by atoms with E-state index in [2.05, 4.69) is 31.9 Å². The van der Waals surface area contributed by atoms with Crippen molar-refractivity contribution >= 4 is 23.1 Å². The Morgan fingerprint density at radius 2 is 2.03 bits per heavy atom. The number of aliphatic hydroxyl groups excluding tert-OH is 1. The van der Waals surface area contributed by atoms with Crippen LogP contribution in [0.4, 0.5) is 11.6 Å². The van der Waals surface area contributed by atoms with Gasteiger partial charge in [-0.05, 0) is 44.0 Å². The molecule has 1 aliphatic rings. The molecule has 4 N–H and O–H groups in total. The van der Waals surface area contributed by atoms with Crippen molar-refractivity contribution in [1.82, 2.24) is 24.6 Å². The largest absolute Gasteiger partial charge is 0.390 e. The van der Waals surface area contributed by atoms with Crippen LogP contribution in [0.3, 0.4) is 0 Å². The van der Waals surface area contributed by atoms with Crippen LogP contribution in [0, 0.1) is 20.8 Å². The Morgan fingerprint density at radius 1 is 1.28 bits per heavy atom. The fourth-order valence-electron chi connectivity index (χ4n) is 3.70. The van der Waals surface area contributed by atoms with Crippen molar-refractivity contribution in [1.29, 1.82) is 0 Å². The number of carbonyl (C=O) groups excluding carboxylic acids is 1. The number of amides is 1. The summed E-state index contributed by atoms with van der Waals surface area (Å²) in [7, 11) is 0. The molecule has 3 aromatic rings. The highest BCUT2D eigenvalue weighted by molar-refractivity contribution is 6.18. The van der Waals surface area contributed by atoms with Crippen molar-refractivity contribution in [3.05, 3.63) is 65.1 Å². The molecule has 9 nitrogen and oxygen atoms in total. The number of aliphatic hydroxyl groups is 1. The van der Waals surface area contributed by atoms with Crippen LogP contribution < -0.4 is 11.1 Å². The number of carbonyl (C=O) groups is 1. The van der Waals surface area contributed by atoms with E-state index in [9.17, 15) is 9.90 Å². The molecule has 4 rings (SSSR count). The number of aromatic nitrogens is 4. The first-order valence-electron chi connectivity index (χ1n) is 10.4. The Kier molecular flexibility index (Phi) is 5.77. The molecule has 166 valence electrons. The normalized spacial score (nSPS) is 14.2. The van der Waals surface area contributed by atoms with E-state index in [1.165, 1.54) is 0 Å². The van der Waals surface area contributed by atoms with Crippen LogP contribution in [0.15, 0.2) is 37.2 Å². The predicted molar refractivity (Wildman–Crippen MR) is 123 cm³/mol. The average Bonchev–Trinajstić information content (AvgIpc) is 3.07. The van der Waals surface area contributed by atoms with Crippen molar-refractivity contribution in [3.63, 3.8) is 0 Å². The first-order valence-corrected chi connectivity index (χ1v) is 10.4. The molecular weight excluding hydrogens is 406 g/mol. The van der Waals surface area contributed by atoms with Crippen LogP contribution in [0.5, 0.6) is 0 Å². The maximum absolute atomic E-state index is 11.5. The Balaban J connectivity index is 1.59. The minimum absolute atomic E-state index is 0.231. The van der Waals surface area contributed by atoms with Gasteiger partial charge in [-0.1, -0.05) is 12.6 Å². The smallest absolute Gasteiger partial charge is 0.248 e. The Morgan fingerprint density at radius 3 is 2.72 bits per heavy atom. The van der Waals surface area contributed by atoms with Gasteiger partial charge in [0.1, 0.15) is 0 Å². The number of aryl methyl sites for hydroxylation is 3.